The lowest BCUT2D eigenvalue weighted by Crippen LogP contribution is -1.92. The van der Waals surface area contributed by atoms with E-state index in [0.717, 1.165) is 28.8 Å². The van der Waals surface area contributed by atoms with E-state index in [9.17, 15) is 4.79 Å². The third-order valence-corrected chi connectivity index (χ3v) is 3.12. The first kappa shape index (κ1) is 12.3. The van der Waals surface area contributed by atoms with Gasteiger partial charge in [-0.15, -0.1) is 0 Å². The van der Waals surface area contributed by atoms with Crippen molar-refractivity contribution in [3.05, 3.63) is 78.4 Å². The van der Waals surface area contributed by atoms with Gasteiger partial charge in [0.2, 0.25) is 0 Å². The van der Waals surface area contributed by atoms with Gasteiger partial charge >= 0.3 is 0 Å². The molecule has 2 nitrogen and oxygen atoms in total. The second-order valence-corrected chi connectivity index (χ2v) is 4.52. The Bertz CT molecular complexity index is 663. The van der Waals surface area contributed by atoms with E-state index < -0.39 is 0 Å². The summed E-state index contributed by atoms with van der Waals surface area (Å²) < 4.78 is 0. The molecule has 0 atom stereocenters. The number of carbonyl (C=O) groups is 1. The van der Waals surface area contributed by atoms with Gasteiger partial charge in [-0.3, -0.25) is 4.79 Å². The van der Waals surface area contributed by atoms with E-state index in [4.69, 9.17) is 0 Å². The number of aldehydes is 1. The van der Waals surface area contributed by atoms with Crippen LogP contribution in [0.5, 0.6) is 0 Å². The van der Waals surface area contributed by atoms with E-state index >= 15 is 0 Å². The van der Waals surface area contributed by atoms with Crippen molar-refractivity contribution in [2.45, 2.75) is 0 Å². The van der Waals surface area contributed by atoms with Gasteiger partial charge in [-0.05, 0) is 12.1 Å². The van der Waals surface area contributed by atoms with Crippen molar-refractivity contribution < 1.29 is 4.79 Å². The summed E-state index contributed by atoms with van der Waals surface area (Å²) in [6, 6.07) is 23.4. The first-order chi connectivity index (χ1) is 9.86. The highest BCUT2D eigenvalue weighted by atomic mass is 16.1. The van der Waals surface area contributed by atoms with E-state index in [1.165, 1.54) is 0 Å². The van der Waals surface area contributed by atoms with E-state index in [1.807, 2.05) is 72.8 Å². The predicted molar refractivity (Wildman–Crippen MR) is 80.5 cm³/mol. The van der Waals surface area contributed by atoms with Crippen LogP contribution in [0.15, 0.2) is 72.8 Å². The number of rotatable bonds is 3. The minimum absolute atomic E-state index is 0.637. The van der Waals surface area contributed by atoms with Gasteiger partial charge < -0.3 is 0 Å². The van der Waals surface area contributed by atoms with Gasteiger partial charge in [0.15, 0.2) is 0 Å². The van der Waals surface area contributed by atoms with E-state index in [2.05, 4.69) is 4.98 Å². The van der Waals surface area contributed by atoms with Crippen LogP contribution in [0.2, 0.25) is 0 Å². The highest BCUT2D eigenvalue weighted by Gasteiger charge is 2.06. The minimum atomic E-state index is 0.637. The molecule has 3 rings (SSSR count). The third-order valence-electron chi connectivity index (χ3n) is 3.12. The topological polar surface area (TPSA) is 30.0 Å². The molecule has 0 saturated carbocycles. The zero-order valence-electron chi connectivity index (χ0n) is 10.9. The van der Waals surface area contributed by atoms with Gasteiger partial charge in [-0.2, -0.15) is 0 Å². The van der Waals surface area contributed by atoms with Gasteiger partial charge in [0.1, 0.15) is 6.29 Å². The normalized spacial score (nSPS) is 10.2. The molecule has 20 heavy (non-hydrogen) atoms. The maximum Gasteiger partial charge on any atom is 0.150 e. The molecule has 0 bridgehead atoms. The number of hydrogen-bond acceptors (Lipinski definition) is 2. The molecule has 0 saturated heterocycles. The average molecular weight is 259 g/mol. The van der Waals surface area contributed by atoms with Crippen molar-refractivity contribution in [2.75, 3.05) is 0 Å². The molecule has 3 aromatic rings. The Morgan fingerprint density at radius 2 is 1.15 bits per heavy atom. The second kappa shape index (κ2) is 5.49. The molecule has 0 aliphatic carbocycles. The van der Waals surface area contributed by atoms with Gasteiger partial charge in [0.05, 0.1) is 11.4 Å². The Morgan fingerprint density at radius 3 is 1.55 bits per heavy atom. The lowest BCUT2D eigenvalue weighted by molar-refractivity contribution is 0.112. The predicted octanol–water partition coefficient (Wildman–Crippen LogP) is 4.23. The summed E-state index contributed by atoms with van der Waals surface area (Å²) in [5, 5.41) is 0. The smallest absolute Gasteiger partial charge is 0.150 e. The van der Waals surface area contributed by atoms with Gasteiger partial charge in [-0.1, -0.05) is 60.7 Å². The van der Waals surface area contributed by atoms with Crippen molar-refractivity contribution in [1.82, 2.24) is 4.98 Å². The summed E-state index contributed by atoms with van der Waals surface area (Å²) in [4.78, 5) is 15.8. The number of pyridine rings is 1. The van der Waals surface area contributed by atoms with Crippen LogP contribution < -0.4 is 0 Å². The Kier molecular flexibility index (Phi) is 3.38. The molecule has 2 heteroatoms. The van der Waals surface area contributed by atoms with E-state index in [0.29, 0.717) is 5.56 Å². The summed E-state index contributed by atoms with van der Waals surface area (Å²) in [5.74, 6) is 0. The van der Waals surface area contributed by atoms with Crippen LogP contribution in [0.25, 0.3) is 22.5 Å². The van der Waals surface area contributed by atoms with Crippen LogP contribution >= 0.6 is 0 Å². The first-order valence-electron chi connectivity index (χ1n) is 6.45. The second-order valence-electron chi connectivity index (χ2n) is 4.52. The maximum atomic E-state index is 11.1. The van der Waals surface area contributed by atoms with Crippen LogP contribution in [0, 0.1) is 0 Å². The Labute approximate surface area is 117 Å². The molecule has 96 valence electrons. The zero-order valence-corrected chi connectivity index (χ0v) is 10.9. The number of carbonyl (C=O) groups excluding carboxylic acids is 1. The molecule has 0 spiro atoms. The monoisotopic (exact) mass is 259 g/mol. The molecule has 2 aromatic carbocycles. The third kappa shape index (κ3) is 2.50. The van der Waals surface area contributed by atoms with E-state index in [1.54, 1.807) is 0 Å². The van der Waals surface area contributed by atoms with Crippen molar-refractivity contribution in [3.63, 3.8) is 0 Å². The number of benzene rings is 2. The molecular formula is C18H13NO. The Hall–Kier alpha value is -2.74. The van der Waals surface area contributed by atoms with Gasteiger partial charge in [0, 0.05) is 16.7 Å². The van der Waals surface area contributed by atoms with Crippen molar-refractivity contribution >= 4 is 6.29 Å². The molecule has 0 N–H and O–H groups in total. The minimum Gasteiger partial charge on any atom is -0.298 e. The van der Waals surface area contributed by atoms with Crippen LogP contribution in [-0.4, -0.2) is 11.3 Å². The summed E-state index contributed by atoms with van der Waals surface area (Å²) in [5.41, 5.74) is 4.28. The standard InChI is InChI=1S/C18H13NO/c20-13-14-11-17(15-7-3-1-4-8-15)19-18(12-14)16-9-5-2-6-10-16/h1-13H. The van der Waals surface area contributed by atoms with Crippen LogP contribution in [0.4, 0.5) is 0 Å². The summed E-state index contributed by atoms with van der Waals surface area (Å²) in [7, 11) is 0. The number of aromatic nitrogens is 1. The average Bonchev–Trinajstić information content (AvgIpc) is 2.56. The Balaban J connectivity index is 2.15. The van der Waals surface area contributed by atoms with E-state index in [-0.39, 0.29) is 0 Å². The van der Waals surface area contributed by atoms with Crippen LogP contribution in [0.3, 0.4) is 0 Å². The molecule has 1 heterocycles. The van der Waals surface area contributed by atoms with Crippen molar-refractivity contribution in [1.29, 1.82) is 0 Å². The molecular weight excluding hydrogens is 246 g/mol. The quantitative estimate of drug-likeness (QED) is 0.659. The molecule has 1 aromatic heterocycles. The Morgan fingerprint density at radius 1 is 0.700 bits per heavy atom. The highest BCUT2D eigenvalue weighted by molar-refractivity contribution is 5.81. The molecule has 0 aliphatic rings. The first-order valence-corrected chi connectivity index (χ1v) is 6.45. The summed E-state index contributed by atoms with van der Waals surface area (Å²) in [6.07, 6.45) is 0.862. The largest absolute Gasteiger partial charge is 0.298 e. The molecule has 0 unspecified atom stereocenters. The zero-order chi connectivity index (χ0) is 13.8. The molecule has 0 amide bonds. The highest BCUT2D eigenvalue weighted by Crippen LogP contribution is 2.23. The molecule has 0 aliphatic heterocycles. The fourth-order valence-corrected chi connectivity index (χ4v) is 2.13. The van der Waals surface area contributed by atoms with Crippen LogP contribution in [0.1, 0.15) is 10.4 Å². The lowest BCUT2D eigenvalue weighted by Gasteiger charge is -2.06. The van der Waals surface area contributed by atoms with Crippen molar-refractivity contribution in [3.8, 4) is 22.5 Å². The van der Waals surface area contributed by atoms with Crippen molar-refractivity contribution in [2.24, 2.45) is 0 Å². The summed E-state index contributed by atoms with van der Waals surface area (Å²) >= 11 is 0. The lowest BCUT2D eigenvalue weighted by atomic mass is 10.1. The fraction of sp³-hybridized carbons (Fsp3) is 0. The number of nitrogens with zero attached hydrogens (tertiary/aromatic N) is 1. The SMILES string of the molecule is O=Cc1cc(-c2ccccc2)nc(-c2ccccc2)c1. The molecule has 0 radical (unpaired) electrons. The molecule has 0 fully saturated rings. The number of hydrogen-bond donors (Lipinski definition) is 0. The van der Waals surface area contributed by atoms with Crippen LogP contribution in [-0.2, 0) is 0 Å². The maximum absolute atomic E-state index is 11.1. The fourth-order valence-electron chi connectivity index (χ4n) is 2.13. The van der Waals surface area contributed by atoms with Gasteiger partial charge in [-0.25, -0.2) is 4.98 Å². The summed E-state index contributed by atoms with van der Waals surface area (Å²) in [6.45, 7) is 0. The van der Waals surface area contributed by atoms with Gasteiger partial charge in [0.25, 0.3) is 0 Å².